The number of hydrogen-bond acceptors (Lipinski definition) is 6. The lowest BCUT2D eigenvalue weighted by atomic mass is 10.2. The second-order valence-electron chi connectivity index (χ2n) is 7.57. The van der Waals surface area contributed by atoms with Gasteiger partial charge in [0.05, 0.1) is 23.4 Å². The van der Waals surface area contributed by atoms with E-state index in [9.17, 15) is 21.6 Å². The number of carbonyl (C=O) groups is 1. The molecule has 0 fully saturated rings. The predicted molar refractivity (Wildman–Crippen MR) is 129 cm³/mol. The maximum Gasteiger partial charge on any atom is 0.243 e. The summed E-state index contributed by atoms with van der Waals surface area (Å²) >= 11 is 6.13. The van der Waals surface area contributed by atoms with Gasteiger partial charge in [0, 0.05) is 19.1 Å². The summed E-state index contributed by atoms with van der Waals surface area (Å²) in [7, 11) is -4.39. The number of ether oxygens (including phenoxy) is 1. The molecule has 0 saturated heterocycles. The van der Waals surface area contributed by atoms with Crippen molar-refractivity contribution in [1.82, 2.24) is 9.62 Å². The van der Waals surface area contributed by atoms with Crippen LogP contribution in [0.2, 0.25) is 5.02 Å². The molecule has 0 spiro atoms. The number of nitrogens with zero attached hydrogens (tertiary/aromatic N) is 2. The second-order valence-corrected chi connectivity index (χ2v) is 12.0. The predicted octanol–water partition coefficient (Wildman–Crippen LogP) is 2.25. The van der Waals surface area contributed by atoms with Crippen LogP contribution < -0.4 is 14.4 Å². The molecule has 0 aliphatic carbocycles. The standard InChI is InChI=1S/C21H28ClN3O6S2/c1-15-6-7-17(14-20(15)22)25(32(5,27)28)16(2)21(26)23-12-13-31-18-8-10-19(11-9-18)33(29,30)24(3)4/h6-11,14,16H,12-13H2,1-5H3,(H,23,26). The molecule has 1 unspecified atom stereocenters. The van der Waals surface area contributed by atoms with Crippen LogP contribution in [0.4, 0.5) is 5.69 Å². The van der Waals surface area contributed by atoms with Crippen LogP contribution >= 0.6 is 11.6 Å². The number of aryl methyl sites for hydroxylation is 1. The first-order chi connectivity index (χ1) is 15.2. The van der Waals surface area contributed by atoms with Crippen LogP contribution in [0, 0.1) is 6.92 Å². The summed E-state index contributed by atoms with van der Waals surface area (Å²) in [5, 5.41) is 3.04. The Labute approximate surface area is 200 Å². The molecular weight excluding hydrogens is 490 g/mol. The fourth-order valence-corrected chi connectivity index (χ4v) is 5.18. The van der Waals surface area contributed by atoms with E-state index in [0.717, 1.165) is 20.4 Å². The largest absolute Gasteiger partial charge is 0.492 e. The van der Waals surface area contributed by atoms with Crippen LogP contribution in [-0.4, -0.2) is 66.6 Å². The summed E-state index contributed by atoms with van der Waals surface area (Å²) in [6.45, 7) is 3.50. The smallest absolute Gasteiger partial charge is 0.243 e. The minimum Gasteiger partial charge on any atom is -0.492 e. The van der Waals surface area contributed by atoms with Crippen molar-refractivity contribution in [3.05, 3.63) is 53.1 Å². The van der Waals surface area contributed by atoms with Crippen LogP contribution in [0.3, 0.4) is 0 Å². The van der Waals surface area contributed by atoms with Gasteiger partial charge in [-0.25, -0.2) is 21.1 Å². The molecule has 182 valence electrons. The molecule has 0 aromatic heterocycles. The monoisotopic (exact) mass is 517 g/mol. The lowest BCUT2D eigenvalue weighted by molar-refractivity contribution is -0.121. The number of nitrogens with one attached hydrogen (secondary N) is 1. The van der Waals surface area contributed by atoms with Crippen molar-refractivity contribution in [2.24, 2.45) is 0 Å². The molecule has 0 radical (unpaired) electrons. The van der Waals surface area contributed by atoms with E-state index in [1.165, 1.54) is 51.4 Å². The van der Waals surface area contributed by atoms with Gasteiger partial charge >= 0.3 is 0 Å². The number of carbonyl (C=O) groups excluding carboxylic acids is 1. The van der Waals surface area contributed by atoms with Gasteiger partial charge in [-0.1, -0.05) is 17.7 Å². The summed E-state index contributed by atoms with van der Waals surface area (Å²) in [6, 6.07) is 9.67. The van der Waals surface area contributed by atoms with Crippen molar-refractivity contribution in [3.8, 4) is 5.75 Å². The molecule has 33 heavy (non-hydrogen) atoms. The van der Waals surface area contributed by atoms with Gasteiger partial charge < -0.3 is 10.1 Å². The van der Waals surface area contributed by atoms with Crippen LogP contribution in [0.1, 0.15) is 12.5 Å². The molecule has 0 bridgehead atoms. The van der Waals surface area contributed by atoms with Gasteiger partial charge in [0.1, 0.15) is 18.4 Å². The first-order valence-electron chi connectivity index (χ1n) is 9.94. The number of amides is 1. The SMILES string of the molecule is Cc1ccc(N(C(C)C(=O)NCCOc2ccc(S(=O)(=O)N(C)C)cc2)S(C)(=O)=O)cc1Cl. The maximum atomic E-state index is 12.6. The molecule has 0 aliphatic rings. The number of rotatable bonds is 10. The van der Waals surface area contributed by atoms with E-state index in [-0.39, 0.29) is 18.0 Å². The summed E-state index contributed by atoms with van der Waals surface area (Å²) < 4.78 is 56.6. The van der Waals surface area contributed by atoms with E-state index >= 15 is 0 Å². The first kappa shape index (κ1) is 26.9. The number of halogens is 1. The Hall–Kier alpha value is -2.34. The molecule has 2 rings (SSSR count). The highest BCUT2D eigenvalue weighted by molar-refractivity contribution is 7.92. The van der Waals surface area contributed by atoms with E-state index in [1.54, 1.807) is 19.1 Å². The molecule has 2 aromatic carbocycles. The number of sulfonamides is 2. The Morgan fingerprint density at radius 1 is 1.09 bits per heavy atom. The normalized spacial score (nSPS) is 12.9. The number of benzene rings is 2. The third kappa shape index (κ3) is 6.83. The summed E-state index contributed by atoms with van der Waals surface area (Å²) in [4.78, 5) is 12.7. The van der Waals surface area contributed by atoms with Crippen LogP contribution in [0.5, 0.6) is 5.75 Å². The zero-order valence-electron chi connectivity index (χ0n) is 19.1. The fraction of sp³-hybridized carbons (Fsp3) is 0.381. The minimum atomic E-state index is -3.76. The average molecular weight is 518 g/mol. The van der Waals surface area contributed by atoms with E-state index in [0.29, 0.717) is 16.5 Å². The summed E-state index contributed by atoms with van der Waals surface area (Å²) in [5.41, 5.74) is 1.08. The van der Waals surface area contributed by atoms with Gasteiger partial charge in [0.25, 0.3) is 0 Å². The number of anilines is 1. The molecule has 1 N–H and O–H groups in total. The van der Waals surface area contributed by atoms with Crippen molar-refractivity contribution in [2.45, 2.75) is 24.8 Å². The Balaban J connectivity index is 1.98. The molecule has 1 atom stereocenters. The van der Waals surface area contributed by atoms with Crippen molar-refractivity contribution < 1.29 is 26.4 Å². The highest BCUT2D eigenvalue weighted by Gasteiger charge is 2.29. The Bertz CT molecular complexity index is 1200. The molecule has 0 heterocycles. The minimum absolute atomic E-state index is 0.105. The zero-order valence-corrected chi connectivity index (χ0v) is 21.5. The van der Waals surface area contributed by atoms with Gasteiger partial charge in [-0.05, 0) is 55.8 Å². The van der Waals surface area contributed by atoms with E-state index in [2.05, 4.69) is 5.32 Å². The lowest BCUT2D eigenvalue weighted by Crippen LogP contribution is -2.48. The molecule has 2 aromatic rings. The van der Waals surface area contributed by atoms with E-state index in [4.69, 9.17) is 16.3 Å². The first-order valence-corrected chi connectivity index (χ1v) is 13.6. The van der Waals surface area contributed by atoms with E-state index in [1.807, 2.05) is 0 Å². The quantitative estimate of drug-likeness (QED) is 0.484. The van der Waals surface area contributed by atoms with E-state index < -0.39 is 32.0 Å². The van der Waals surface area contributed by atoms with Crippen LogP contribution in [0.25, 0.3) is 0 Å². The Morgan fingerprint density at radius 3 is 2.21 bits per heavy atom. The fourth-order valence-electron chi connectivity index (χ4n) is 2.94. The maximum absolute atomic E-state index is 12.6. The van der Waals surface area contributed by atoms with Gasteiger partial charge in [-0.3, -0.25) is 9.10 Å². The van der Waals surface area contributed by atoms with Gasteiger partial charge in [-0.2, -0.15) is 0 Å². The van der Waals surface area contributed by atoms with Crippen molar-refractivity contribution in [1.29, 1.82) is 0 Å². The molecular formula is C21H28ClN3O6S2. The zero-order chi connectivity index (χ0) is 25.0. The highest BCUT2D eigenvalue weighted by atomic mass is 35.5. The molecule has 9 nitrogen and oxygen atoms in total. The molecule has 1 amide bonds. The van der Waals surface area contributed by atoms with Crippen molar-refractivity contribution in [2.75, 3.05) is 37.8 Å². The molecule has 0 saturated carbocycles. The number of hydrogen-bond donors (Lipinski definition) is 1. The highest BCUT2D eigenvalue weighted by Crippen LogP contribution is 2.26. The topological polar surface area (TPSA) is 113 Å². The van der Waals surface area contributed by atoms with Crippen molar-refractivity contribution >= 4 is 43.2 Å². The summed E-state index contributed by atoms with van der Waals surface area (Å²) in [5.74, 6) is -0.0739. The van der Waals surface area contributed by atoms with Crippen LogP contribution in [-0.2, 0) is 24.8 Å². The molecule has 12 heteroatoms. The van der Waals surface area contributed by atoms with Crippen LogP contribution in [0.15, 0.2) is 47.4 Å². The third-order valence-corrected chi connectivity index (χ3v) is 8.25. The molecule has 0 aliphatic heterocycles. The van der Waals surface area contributed by atoms with Gasteiger partial charge in [-0.15, -0.1) is 0 Å². The summed E-state index contributed by atoms with van der Waals surface area (Å²) in [6.07, 6.45) is 1.02. The third-order valence-electron chi connectivity index (χ3n) is 4.77. The Kier molecular flexibility index (Phi) is 8.75. The lowest BCUT2D eigenvalue weighted by Gasteiger charge is -2.28. The average Bonchev–Trinajstić information content (AvgIpc) is 2.73. The van der Waals surface area contributed by atoms with Crippen molar-refractivity contribution in [3.63, 3.8) is 0 Å². The van der Waals surface area contributed by atoms with Gasteiger partial charge in [0.15, 0.2) is 0 Å². The Morgan fingerprint density at radius 2 is 1.70 bits per heavy atom. The van der Waals surface area contributed by atoms with Gasteiger partial charge in [0.2, 0.25) is 26.0 Å². The second kappa shape index (κ2) is 10.7.